The molecule has 0 bridgehead atoms. The quantitative estimate of drug-likeness (QED) is 0.589. The van der Waals surface area contributed by atoms with Crippen LogP contribution >= 0.6 is 0 Å². The molecule has 2 fully saturated rings. The van der Waals surface area contributed by atoms with Gasteiger partial charge in [-0.1, -0.05) is 17.7 Å². The van der Waals surface area contributed by atoms with E-state index in [1.165, 1.54) is 21.9 Å². The summed E-state index contributed by atoms with van der Waals surface area (Å²) in [5.74, 6) is 0. The van der Waals surface area contributed by atoms with E-state index in [9.17, 15) is 23.1 Å². The van der Waals surface area contributed by atoms with E-state index in [4.69, 9.17) is 13.7 Å². The van der Waals surface area contributed by atoms with Crippen LogP contribution in [-0.2, 0) is 23.8 Å². The van der Waals surface area contributed by atoms with Crippen LogP contribution < -0.4 is 0 Å². The maximum atomic E-state index is 12.2. The summed E-state index contributed by atoms with van der Waals surface area (Å²) >= 11 is 0. The Morgan fingerprint density at radius 3 is 1.78 bits per heavy atom. The molecule has 0 aromatic heterocycles. The van der Waals surface area contributed by atoms with Crippen molar-refractivity contribution in [3.05, 3.63) is 29.8 Å². The van der Waals surface area contributed by atoms with Gasteiger partial charge in [0.2, 0.25) is 0 Å². The second-order valence-corrected chi connectivity index (χ2v) is 12.6. The fourth-order valence-corrected chi connectivity index (χ4v) is 4.57. The van der Waals surface area contributed by atoms with Crippen LogP contribution in [0.25, 0.3) is 0 Å². The Balaban J connectivity index is 0.000000297. The summed E-state index contributed by atoms with van der Waals surface area (Å²) in [6.45, 7) is 14.4. The molecule has 204 valence electrons. The molecule has 0 aliphatic carbocycles. The highest BCUT2D eigenvalue weighted by molar-refractivity contribution is 7.86. The molecule has 2 amide bonds. The van der Waals surface area contributed by atoms with Crippen molar-refractivity contribution >= 4 is 22.3 Å². The third-order valence-electron chi connectivity index (χ3n) is 5.18. The highest BCUT2D eigenvalue weighted by Crippen LogP contribution is 2.22. The maximum Gasteiger partial charge on any atom is 0.410 e. The van der Waals surface area contributed by atoms with Crippen LogP contribution in [-0.4, -0.2) is 85.1 Å². The summed E-state index contributed by atoms with van der Waals surface area (Å²) in [6, 6.07) is 6.48. The van der Waals surface area contributed by atoms with Crippen LogP contribution in [0.5, 0.6) is 0 Å². The molecule has 0 saturated carbocycles. The summed E-state index contributed by atoms with van der Waals surface area (Å²) in [5, 5.41) is 9.20. The van der Waals surface area contributed by atoms with Gasteiger partial charge in [-0.25, -0.2) is 9.59 Å². The van der Waals surface area contributed by atoms with E-state index in [0.29, 0.717) is 32.5 Å². The number of likely N-dealkylation sites (tertiary alicyclic amines) is 2. The highest BCUT2D eigenvalue weighted by Gasteiger charge is 2.33. The predicted octanol–water partition coefficient (Wildman–Crippen LogP) is 3.70. The van der Waals surface area contributed by atoms with Gasteiger partial charge in [0.25, 0.3) is 10.1 Å². The number of β-amino-alcohol motifs (C(OH)–C–C–N with tert-alkyl or cyclic N) is 1. The van der Waals surface area contributed by atoms with Gasteiger partial charge in [-0.2, -0.15) is 8.42 Å². The molecule has 0 unspecified atom stereocenters. The average molecular weight is 529 g/mol. The number of aliphatic hydroxyl groups excluding tert-OH is 1. The Bertz CT molecular complexity index is 996. The van der Waals surface area contributed by atoms with Crippen molar-refractivity contribution < 1.29 is 36.8 Å². The van der Waals surface area contributed by atoms with Crippen molar-refractivity contribution in [2.75, 3.05) is 26.2 Å². The number of amides is 2. The van der Waals surface area contributed by atoms with Gasteiger partial charge in [0.15, 0.2) is 0 Å². The van der Waals surface area contributed by atoms with Gasteiger partial charge in [-0.05, 0) is 73.4 Å². The summed E-state index contributed by atoms with van der Waals surface area (Å²) in [5.41, 5.74) is -0.0600. The van der Waals surface area contributed by atoms with E-state index >= 15 is 0 Å². The first-order valence-corrected chi connectivity index (χ1v) is 13.5. The number of aliphatic hydroxyl groups is 1. The zero-order valence-corrected chi connectivity index (χ0v) is 23.1. The molecule has 1 N–H and O–H groups in total. The molecule has 1 aromatic rings. The van der Waals surface area contributed by atoms with Gasteiger partial charge in [0, 0.05) is 19.6 Å². The Morgan fingerprint density at radius 1 is 0.861 bits per heavy atom. The molecule has 1 aromatic carbocycles. The predicted molar refractivity (Wildman–Crippen MR) is 134 cm³/mol. The van der Waals surface area contributed by atoms with Gasteiger partial charge in [-0.3, -0.25) is 4.18 Å². The monoisotopic (exact) mass is 528 g/mol. The second-order valence-electron chi connectivity index (χ2n) is 11.1. The third kappa shape index (κ3) is 9.94. The zero-order valence-electron chi connectivity index (χ0n) is 22.3. The molecule has 11 heteroatoms. The van der Waals surface area contributed by atoms with E-state index in [0.717, 1.165) is 5.56 Å². The number of nitrogens with zero attached hydrogens (tertiary/aromatic N) is 2. The number of hydrogen-bond acceptors (Lipinski definition) is 8. The number of benzene rings is 1. The van der Waals surface area contributed by atoms with Gasteiger partial charge >= 0.3 is 12.2 Å². The smallest absolute Gasteiger partial charge is 0.410 e. The van der Waals surface area contributed by atoms with Crippen LogP contribution in [0.1, 0.15) is 59.9 Å². The molecular formula is C25H40N2O8S. The van der Waals surface area contributed by atoms with Crippen LogP contribution in [0.3, 0.4) is 0 Å². The minimum absolute atomic E-state index is 0.124. The number of carbonyl (C=O) groups excluding carboxylic acids is 2. The number of hydrogen-bond donors (Lipinski definition) is 1. The van der Waals surface area contributed by atoms with E-state index in [2.05, 4.69) is 0 Å². The molecule has 2 atom stereocenters. The molecule has 0 spiro atoms. The van der Waals surface area contributed by atoms with Gasteiger partial charge in [0.05, 0.1) is 23.6 Å². The normalized spacial score (nSPS) is 20.6. The van der Waals surface area contributed by atoms with Crippen molar-refractivity contribution in [1.29, 1.82) is 0 Å². The molecule has 2 heterocycles. The van der Waals surface area contributed by atoms with Crippen LogP contribution in [0.15, 0.2) is 29.2 Å². The minimum atomic E-state index is -3.82. The van der Waals surface area contributed by atoms with E-state index in [-0.39, 0.29) is 23.6 Å². The average Bonchev–Trinajstić information content (AvgIpc) is 3.35. The first-order chi connectivity index (χ1) is 16.4. The molecule has 0 radical (unpaired) electrons. The molecular weight excluding hydrogens is 488 g/mol. The third-order valence-corrected chi connectivity index (χ3v) is 6.56. The summed E-state index contributed by atoms with van der Waals surface area (Å²) in [7, 11) is -3.82. The molecule has 3 rings (SSSR count). The first kappa shape index (κ1) is 29.9. The topological polar surface area (TPSA) is 123 Å². The summed E-state index contributed by atoms with van der Waals surface area (Å²) in [6.07, 6.45) is -0.592. The Kier molecular flexibility index (Phi) is 9.77. The van der Waals surface area contributed by atoms with Crippen molar-refractivity contribution in [2.45, 2.75) is 89.6 Å². The Morgan fingerprint density at radius 2 is 1.33 bits per heavy atom. The lowest BCUT2D eigenvalue weighted by molar-refractivity contribution is 0.0263. The fraction of sp³-hybridized carbons (Fsp3) is 0.680. The summed E-state index contributed by atoms with van der Waals surface area (Å²) < 4.78 is 40.2. The van der Waals surface area contributed by atoms with Gasteiger partial charge < -0.3 is 24.4 Å². The molecule has 2 aliphatic rings. The lowest BCUT2D eigenvalue weighted by atomic mass is 10.2. The van der Waals surface area contributed by atoms with E-state index < -0.39 is 33.5 Å². The molecule has 2 saturated heterocycles. The summed E-state index contributed by atoms with van der Waals surface area (Å²) in [4.78, 5) is 26.5. The van der Waals surface area contributed by atoms with E-state index in [1.807, 2.05) is 27.7 Å². The van der Waals surface area contributed by atoms with Crippen LogP contribution in [0.4, 0.5) is 9.59 Å². The SMILES string of the molecule is CC(C)(C)OC(=O)N1CC[C@@H](O)C1.Cc1ccc(S(=O)(=O)O[C@H]2CCN(C(=O)OC(C)(C)C)C2)cc1. The largest absolute Gasteiger partial charge is 0.444 e. The van der Waals surface area contributed by atoms with Gasteiger partial charge in [-0.15, -0.1) is 0 Å². The minimum Gasteiger partial charge on any atom is -0.444 e. The Labute approximate surface area is 214 Å². The lowest BCUT2D eigenvalue weighted by Gasteiger charge is -2.24. The van der Waals surface area contributed by atoms with Gasteiger partial charge in [0.1, 0.15) is 11.2 Å². The molecule has 10 nitrogen and oxygen atoms in total. The highest BCUT2D eigenvalue weighted by atomic mass is 32.2. The standard InChI is InChI=1S/C16H23NO5S.C9H17NO3/c1-12-5-7-14(8-6-12)23(19,20)22-13-9-10-17(11-13)15(18)21-16(2,3)4;1-9(2,3)13-8(12)10-5-4-7(11)6-10/h5-8,13H,9-11H2,1-4H3;7,11H,4-6H2,1-3H3/t13-;7-/m01/s1. The zero-order chi connectivity index (χ0) is 27.3. The van der Waals surface area contributed by atoms with Crippen molar-refractivity contribution in [2.24, 2.45) is 0 Å². The number of carbonyl (C=O) groups is 2. The Hall–Kier alpha value is -2.37. The van der Waals surface area contributed by atoms with Crippen molar-refractivity contribution in [1.82, 2.24) is 9.80 Å². The van der Waals surface area contributed by atoms with E-state index in [1.54, 1.807) is 32.9 Å². The number of rotatable bonds is 3. The number of aryl methyl sites for hydroxylation is 1. The van der Waals surface area contributed by atoms with Crippen molar-refractivity contribution in [3.63, 3.8) is 0 Å². The first-order valence-electron chi connectivity index (χ1n) is 12.1. The van der Waals surface area contributed by atoms with Crippen LogP contribution in [0.2, 0.25) is 0 Å². The number of ether oxygens (including phenoxy) is 2. The fourth-order valence-electron chi connectivity index (χ4n) is 3.47. The molecule has 2 aliphatic heterocycles. The second kappa shape index (κ2) is 11.8. The molecule has 36 heavy (non-hydrogen) atoms. The lowest BCUT2D eigenvalue weighted by Crippen LogP contribution is -2.36. The maximum absolute atomic E-state index is 12.2. The van der Waals surface area contributed by atoms with Crippen molar-refractivity contribution in [3.8, 4) is 0 Å². The van der Waals surface area contributed by atoms with Crippen LogP contribution in [0, 0.1) is 6.92 Å².